The molecule has 20 heavy (non-hydrogen) atoms. The van der Waals surface area contributed by atoms with Gasteiger partial charge in [-0.3, -0.25) is 9.78 Å². The number of rotatable bonds is 5. The van der Waals surface area contributed by atoms with Crippen LogP contribution in [0, 0.1) is 6.92 Å². The van der Waals surface area contributed by atoms with Crippen molar-refractivity contribution in [2.75, 3.05) is 6.61 Å². The quantitative estimate of drug-likeness (QED) is 0.805. The number of carbonyl (C=O) groups excluding carboxylic acids is 1. The fraction of sp³-hybridized carbons (Fsp3) is 0.385. The van der Waals surface area contributed by atoms with Gasteiger partial charge < -0.3 is 9.84 Å². The smallest absolute Gasteiger partial charge is 0.327 e. The maximum Gasteiger partial charge on any atom is 0.327 e. The van der Waals surface area contributed by atoms with E-state index < -0.39 is 12.1 Å². The predicted octanol–water partition coefficient (Wildman–Crippen LogP) is 0.626. The minimum absolute atomic E-state index is 0.0329. The standard InChI is InChI=1S/C13H16N4O3/c1-3-20-12(18)8-17-7-11(15-16-17)13(19)10-6-4-5-9(2)14-10/h4-7,13,19H,3,8H2,1-2H3. The molecule has 2 aromatic rings. The lowest BCUT2D eigenvalue weighted by Crippen LogP contribution is -2.13. The molecule has 2 rings (SSSR count). The molecule has 7 heteroatoms. The molecule has 0 aliphatic carbocycles. The molecule has 106 valence electrons. The van der Waals surface area contributed by atoms with Crippen molar-refractivity contribution < 1.29 is 14.6 Å². The van der Waals surface area contributed by atoms with Gasteiger partial charge in [0.2, 0.25) is 0 Å². The van der Waals surface area contributed by atoms with E-state index in [0.717, 1.165) is 5.69 Å². The molecule has 1 N–H and O–H groups in total. The van der Waals surface area contributed by atoms with Crippen molar-refractivity contribution in [2.24, 2.45) is 0 Å². The van der Waals surface area contributed by atoms with Crippen LogP contribution < -0.4 is 0 Å². The van der Waals surface area contributed by atoms with Crippen LogP contribution in [0.15, 0.2) is 24.4 Å². The van der Waals surface area contributed by atoms with Gasteiger partial charge in [-0.1, -0.05) is 11.3 Å². The lowest BCUT2D eigenvalue weighted by Gasteiger charge is -2.06. The summed E-state index contributed by atoms with van der Waals surface area (Å²) in [6, 6.07) is 5.36. The molecule has 1 unspecified atom stereocenters. The second kappa shape index (κ2) is 6.25. The minimum atomic E-state index is -0.967. The Labute approximate surface area is 116 Å². The molecule has 0 fully saturated rings. The Morgan fingerprint density at radius 1 is 1.45 bits per heavy atom. The zero-order valence-electron chi connectivity index (χ0n) is 11.4. The zero-order chi connectivity index (χ0) is 14.5. The number of aromatic nitrogens is 4. The Morgan fingerprint density at radius 3 is 2.95 bits per heavy atom. The summed E-state index contributed by atoms with van der Waals surface area (Å²) in [6.07, 6.45) is 0.539. The molecule has 0 radical (unpaired) electrons. The first-order valence-corrected chi connectivity index (χ1v) is 6.27. The van der Waals surface area contributed by atoms with Gasteiger partial charge in [-0.2, -0.15) is 0 Å². The van der Waals surface area contributed by atoms with Crippen LogP contribution in [0.4, 0.5) is 0 Å². The van der Waals surface area contributed by atoms with Crippen molar-refractivity contribution in [1.82, 2.24) is 20.0 Å². The summed E-state index contributed by atoms with van der Waals surface area (Å²) in [5, 5.41) is 17.8. The van der Waals surface area contributed by atoms with E-state index in [4.69, 9.17) is 4.74 Å². The van der Waals surface area contributed by atoms with E-state index in [9.17, 15) is 9.90 Å². The average molecular weight is 276 g/mol. The molecule has 0 aliphatic rings. The first-order valence-electron chi connectivity index (χ1n) is 6.27. The zero-order valence-corrected chi connectivity index (χ0v) is 11.4. The molecule has 0 aromatic carbocycles. The number of ether oxygens (including phenoxy) is 1. The number of hydrogen-bond donors (Lipinski definition) is 1. The van der Waals surface area contributed by atoms with E-state index in [1.807, 2.05) is 19.1 Å². The summed E-state index contributed by atoms with van der Waals surface area (Å²) < 4.78 is 6.14. The Bertz CT molecular complexity index is 597. The van der Waals surface area contributed by atoms with E-state index in [0.29, 0.717) is 18.0 Å². The normalized spacial score (nSPS) is 12.2. The topological polar surface area (TPSA) is 90.1 Å². The Morgan fingerprint density at radius 2 is 2.25 bits per heavy atom. The molecular formula is C13H16N4O3. The van der Waals surface area contributed by atoms with Crippen LogP contribution in [-0.4, -0.2) is 37.7 Å². The number of aliphatic hydroxyl groups is 1. The van der Waals surface area contributed by atoms with Crippen LogP contribution in [0.3, 0.4) is 0 Å². The highest BCUT2D eigenvalue weighted by Gasteiger charge is 2.16. The molecule has 0 saturated carbocycles. The molecule has 7 nitrogen and oxygen atoms in total. The molecule has 2 aromatic heterocycles. The SMILES string of the molecule is CCOC(=O)Cn1cc(C(O)c2cccc(C)n2)nn1. The van der Waals surface area contributed by atoms with Crippen LogP contribution in [0.25, 0.3) is 0 Å². The van der Waals surface area contributed by atoms with Crippen LogP contribution >= 0.6 is 0 Å². The summed E-state index contributed by atoms with van der Waals surface area (Å²) >= 11 is 0. The first kappa shape index (κ1) is 14.1. The molecule has 0 aliphatic heterocycles. The fourth-order valence-corrected chi connectivity index (χ4v) is 1.72. The van der Waals surface area contributed by atoms with Gasteiger partial charge in [-0.15, -0.1) is 5.10 Å². The second-order valence-corrected chi connectivity index (χ2v) is 4.25. The number of carbonyl (C=O) groups is 1. The van der Waals surface area contributed by atoms with E-state index in [1.54, 1.807) is 13.0 Å². The Hall–Kier alpha value is -2.28. The number of esters is 1. The van der Waals surface area contributed by atoms with Gasteiger partial charge in [0.05, 0.1) is 18.5 Å². The van der Waals surface area contributed by atoms with E-state index in [-0.39, 0.29) is 6.54 Å². The number of pyridine rings is 1. The molecule has 0 saturated heterocycles. The van der Waals surface area contributed by atoms with Gasteiger partial charge in [-0.05, 0) is 26.0 Å². The monoisotopic (exact) mass is 276 g/mol. The van der Waals surface area contributed by atoms with E-state index in [2.05, 4.69) is 15.3 Å². The van der Waals surface area contributed by atoms with Crippen molar-refractivity contribution in [2.45, 2.75) is 26.5 Å². The van der Waals surface area contributed by atoms with Crippen LogP contribution in [0.5, 0.6) is 0 Å². The first-order chi connectivity index (χ1) is 9.60. The van der Waals surface area contributed by atoms with E-state index >= 15 is 0 Å². The third-order valence-corrected chi connectivity index (χ3v) is 2.62. The highest BCUT2D eigenvalue weighted by atomic mass is 16.5. The summed E-state index contributed by atoms with van der Waals surface area (Å²) in [7, 11) is 0. The Balaban J connectivity index is 2.10. The van der Waals surface area contributed by atoms with E-state index in [1.165, 1.54) is 10.9 Å². The molecule has 0 bridgehead atoms. The highest BCUT2D eigenvalue weighted by Crippen LogP contribution is 2.17. The predicted molar refractivity (Wildman–Crippen MR) is 69.7 cm³/mol. The molecular weight excluding hydrogens is 260 g/mol. The number of aryl methyl sites for hydroxylation is 1. The highest BCUT2D eigenvalue weighted by molar-refractivity contribution is 5.68. The third kappa shape index (κ3) is 3.39. The lowest BCUT2D eigenvalue weighted by atomic mass is 10.2. The van der Waals surface area contributed by atoms with Crippen LogP contribution in [0.1, 0.15) is 30.1 Å². The number of nitrogens with zero attached hydrogens (tertiary/aromatic N) is 4. The molecule has 0 amide bonds. The fourth-order valence-electron chi connectivity index (χ4n) is 1.72. The van der Waals surface area contributed by atoms with Gasteiger partial charge in [0, 0.05) is 5.69 Å². The van der Waals surface area contributed by atoms with Gasteiger partial charge in [0.1, 0.15) is 18.3 Å². The third-order valence-electron chi connectivity index (χ3n) is 2.62. The second-order valence-electron chi connectivity index (χ2n) is 4.25. The van der Waals surface area contributed by atoms with Crippen molar-refractivity contribution in [3.05, 3.63) is 41.5 Å². The van der Waals surface area contributed by atoms with Crippen molar-refractivity contribution in [3.8, 4) is 0 Å². The van der Waals surface area contributed by atoms with Crippen LogP contribution in [-0.2, 0) is 16.1 Å². The minimum Gasteiger partial charge on any atom is -0.465 e. The number of aliphatic hydroxyl groups excluding tert-OH is 1. The Kier molecular flexibility index (Phi) is 4.41. The molecule has 0 spiro atoms. The summed E-state index contributed by atoms with van der Waals surface area (Å²) in [4.78, 5) is 15.6. The summed E-state index contributed by atoms with van der Waals surface area (Å²) in [6.45, 7) is 3.86. The van der Waals surface area contributed by atoms with Gasteiger partial charge in [0.25, 0.3) is 0 Å². The van der Waals surface area contributed by atoms with Crippen molar-refractivity contribution in [1.29, 1.82) is 0 Å². The lowest BCUT2D eigenvalue weighted by molar-refractivity contribution is -0.144. The van der Waals surface area contributed by atoms with Crippen LogP contribution in [0.2, 0.25) is 0 Å². The van der Waals surface area contributed by atoms with Gasteiger partial charge in [-0.25, -0.2) is 4.68 Å². The van der Waals surface area contributed by atoms with Gasteiger partial charge in [0.15, 0.2) is 0 Å². The summed E-state index contributed by atoms with van der Waals surface area (Å²) in [5.74, 6) is -0.396. The maximum atomic E-state index is 11.3. The van der Waals surface area contributed by atoms with Crippen molar-refractivity contribution >= 4 is 5.97 Å². The average Bonchev–Trinajstić information content (AvgIpc) is 2.86. The van der Waals surface area contributed by atoms with Gasteiger partial charge >= 0.3 is 5.97 Å². The number of hydrogen-bond acceptors (Lipinski definition) is 6. The summed E-state index contributed by atoms with van der Waals surface area (Å²) in [5.41, 5.74) is 1.64. The van der Waals surface area contributed by atoms with Crippen molar-refractivity contribution in [3.63, 3.8) is 0 Å². The maximum absolute atomic E-state index is 11.3. The molecule has 1 atom stereocenters. The molecule has 2 heterocycles. The largest absolute Gasteiger partial charge is 0.465 e.